The Hall–Kier alpha value is -2.13. The minimum atomic E-state index is 0.361. The van der Waals surface area contributed by atoms with E-state index < -0.39 is 0 Å². The monoisotopic (exact) mass is 298 g/mol. The second-order valence-corrected chi connectivity index (χ2v) is 5.22. The van der Waals surface area contributed by atoms with Crippen molar-refractivity contribution in [3.63, 3.8) is 0 Å². The third kappa shape index (κ3) is 2.83. The van der Waals surface area contributed by atoms with E-state index in [1.54, 1.807) is 6.20 Å². The first kappa shape index (κ1) is 13.8. The molecule has 3 rings (SSSR count). The summed E-state index contributed by atoms with van der Waals surface area (Å²) in [6.07, 6.45) is 1.75. The largest absolute Gasteiger partial charge is 0.455 e. The van der Waals surface area contributed by atoms with Gasteiger partial charge in [-0.25, -0.2) is 4.98 Å². The molecule has 4 heteroatoms. The first-order valence-corrected chi connectivity index (χ1v) is 7.26. The number of pyridine rings is 2. The fraction of sp³-hybridized carbons (Fsp3) is 0.176. The molecular weight excluding hydrogens is 284 g/mol. The molecule has 0 aliphatic carbocycles. The van der Waals surface area contributed by atoms with E-state index in [0.29, 0.717) is 5.88 Å². The van der Waals surface area contributed by atoms with Crippen LogP contribution in [-0.4, -0.2) is 9.97 Å². The predicted octanol–water partition coefficient (Wildman–Crippen LogP) is 4.78. The minimum Gasteiger partial charge on any atom is -0.455 e. The summed E-state index contributed by atoms with van der Waals surface area (Å²) in [5.74, 6) is 1.82. The molecule has 0 saturated carbocycles. The maximum Gasteiger partial charge on any atom is 0.153 e. The van der Waals surface area contributed by atoms with Crippen molar-refractivity contribution in [2.45, 2.75) is 19.7 Å². The van der Waals surface area contributed by atoms with Gasteiger partial charge in [0.15, 0.2) is 5.75 Å². The van der Waals surface area contributed by atoms with Gasteiger partial charge in [0.05, 0.1) is 5.88 Å². The third-order valence-electron chi connectivity index (χ3n) is 3.27. The Balaban J connectivity index is 2.10. The van der Waals surface area contributed by atoms with Gasteiger partial charge in [0, 0.05) is 34.6 Å². The Morgan fingerprint density at radius 1 is 1.05 bits per heavy atom. The molecule has 2 aromatic heterocycles. The zero-order valence-electron chi connectivity index (χ0n) is 11.9. The van der Waals surface area contributed by atoms with E-state index in [-0.39, 0.29) is 0 Å². The van der Waals surface area contributed by atoms with E-state index >= 15 is 0 Å². The van der Waals surface area contributed by atoms with E-state index in [1.807, 2.05) is 50.2 Å². The highest BCUT2D eigenvalue weighted by Crippen LogP contribution is 2.31. The molecule has 0 spiro atoms. The number of halogens is 1. The number of benzene rings is 1. The summed E-state index contributed by atoms with van der Waals surface area (Å²) in [6.45, 7) is 3.90. The molecule has 2 heterocycles. The van der Waals surface area contributed by atoms with Crippen molar-refractivity contribution in [3.8, 4) is 11.5 Å². The number of aryl methyl sites for hydroxylation is 2. The summed E-state index contributed by atoms with van der Waals surface area (Å²) in [5, 5.41) is 1.05. The van der Waals surface area contributed by atoms with E-state index in [9.17, 15) is 0 Å². The van der Waals surface area contributed by atoms with Crippen LogP contribution in [0, 0.1) is 13.8 Å². The SMILES string of the molecule is Cc1cc(Oc2cccc3ccc(C)nc23)c(CCl)cn1. The highest BCUT2D eigenvalue weighted by molar-refractivity contribution is 6.17. The van der Waals surface area contributed by atoms with Crippen LogP contribution in [0.5, 0.6) is 11.5 Å². The van der Waals surface area contributed by atoms with Crippen LogP contribution in [0.3, 0.4) is 0 Å². The standard InChI is InChI=1S/C17H15ClN2O/c1-11-6-7-13-4-3-5-15(17(13)20-11)21-16-8-12(2)19-10-14(16)9-18/h3-8,10H,9H2,1-2H3. The number of aromatic nitrogens is 2. The second-order valence-electron chi connectivity index (χ2n) is 4.95. The Bertz CT molecular complexity index is 802. The number of para-hydroxylation sites is 1. The Morgan fingerprint density at radius 3 is 2.71 bits per heavy atom. The highest BCUT2D eigenvalue weighted by atomic mass is 35.5. The molecule has 0 aliphatic heterocycles. The topological polar surface area (TPSA) is 35.0 Å². The van der Waals surface area contributed by atoms with E-state index in [1.165, 1.54) is 0 Å². The maximum absolute atomic E-state index is 6.06. The van der Waals surface area contributed by atoms with Crippen molar-refractivity contribution in [2.75, 3.05) is 0 Å². The first-order chi connectivity index (χ1) is 10.2. The van der Waals surface area contributed by atoms with Crippen molar-refractivity contribution >= 4 is 22.5 Å². The average Bonchev–Trinajstić information content (AvgIpc) is 2.48. The van der Waals surface area contributed by atoms with E-state index in [2.05, 4.69) is 9.97 Å². The van der Waals surface area contributed by atoms with E-state index in [0.717, 1.165) is 39.4 Å². The number of alkyl halides is 1. The Morgan fingerprint density at radius 2 is 1.90 bits per heavy atom. The molecule has 0 N–H and O–H groups in total. The summed E-state index contributed by atoms with van der Waals surface area (Å²) in [4.78, 5) is 8.82. The van der Waals surface area contributed by atoms with E-state index in [4.69, 9.17) is 16.3 Å². The summed E-state index contributed by atoms with van der Waals surface area (Å²) < 4.78 is 6.06. The van der Waals surface area contributed by atoms with Gasteiger partial charge >= 0.3 is 0 Å². The molecule has 0 fully saturated rings. The fourth-order valence-corrected chi connectivity index (χ4v) is 2.38. The van der Waals surface area contributed by atoms with Crippen LogP contribution in [0.2, 0.25) is 0 Å². The van der Waals surface area contributed by atoms with Gasteiger partial charge in [0.1, 0.15) is 11.3 Å². The van der Waals surface area contributed by atoms with Crippen molar-refractivity contribution in [3.05, 3.63) is 59.5 Å². The molecule has 0 atom stereocenters. The number of nitrogens with zero attached hydrogens (tertiary/aromatic N) is 2. The molecule has 106 valence electrons. The van der Waals surface area contributed by atoms with Gasteiger partial charge in [-0.05, 0) is 26.0 Å². The van der Waals surface area contributed by atoms with Crippen molar-refractivity contribution < 1.29 is 4.74 Å². The lowest BCUT2D eigenvalue weighted by Crippen LogP contribution is -1.95. The van der Waals surface area contributed by atoms with Gasteiger partial charge in [-0.2, -0.15) is 0 Å². The number of hydrogen-bond acceptors (Lipinski definition) is 3. The van der Waals surface area contributed by atoms with Gasteiger partial charge in [0.2, 0.25) is 0 Å². The predicted molar refractivity (Wildman–Crippen MR) is 85.1 cm³/mol. The van der Waals surface area contributed by atoms with Crippen LogP contribution in [0.15, 0.2) is 42.6 Å². The molecule has 3 aromatic rings. The van der Waals surface area contributed by atoms with Gasteiger partial charge in [-0.1, -0.05) is 18.2 Å². The number of fused-ring (bicyclic) bond motifs is 1. The quantitative estimate of drug-likeness (QED) is 0.653. The highest BCUT2D eigenvalue weighted by Gasteiger charge is 2.09. The van der Waals surface area contributed by atoms with Crippen LogP contribution in [0.4, 0.5) is 0 Å². The van der Waals surface area contributed by atoms with Crippen LogP contribution in [-0.2, 0) is 5.88 Å². The van der Waals surface area contributed by atoms with Crippen LogP contribution >= 0.6 is 11.6 Å². The lowest BCUT2D eigenvalue weighted by molar-refractivity contribution is 0.481. The molecule has 1 aromatic carbocycles. The second kappa shape index (κ2) is 5.70. The molecule has 0 saturated heterocycles. The Labute approximate surface area is 128 Å². The Kier molecular flexibility index (Phi) is 3.76. The van der Waals surface area contributed by atoms with Crippen LogP contribution < -0.4 is 4.74 Å². The van der Waals surface area contributed by atoms with Crippen molar-refractivity contribution in [1.82, 2.24) is 9.97 Å². The molecule has 0 radical (unpaired) electrons. The van der Waals surface area contributed by atoms with Crippen LogP contribution in [0.25, 0.3) is 10.9 Å². The van der Waals surface area contributed by atoms with Gasteiger partial charge in [-0.15, -0.1) is 11.6 Å². The summed E-state index contributed by atoms with van der Waals surface area (Å²) in [6, 6.07) is 11.8. The average molecular weight is 299 g/mol. The number of rotatable bonds is 3. The summed E-state index contributed by atoms with van der Waals surface area (Å²) in [7, 11) is 0. The summed E-state index contributed by atoms with van der Waals surface area (Å²) >= 11 is 5.96. The normalized spacial score (nSPS) is 10.8. The van der Waals surface area contributed by atoms with Crippen molar-refractivity contribution in [1.29, 1.82) is 0 Å². The lowest BCUT2D eigenvalue weighted by Gasteiger charge is -2.12. The molecule has 0 aliphatic rings. The molecular formula is C17H15ClN2O. The lowest BCUT2D eigenvalue weighted by atomic mass is 10.2. The minimum absolute atomic E-state index is 0.361. The third-order valence-corrected chi connectivity index (χ3v) is 3.55. The molecule has 0 bridgehead atoms. The summed E-state index contributed by atoms with van der Waals surface area (Å²) in [5.41, 5.74) is 3.57. The first-order valence-electron chi connectivity index (χ1n) is 6.73. The fourth-order valence-electron chi connectivity index (χ4n) is 2.18. The molecule has 0 unspecified atom stereocenters. The zero-order chi connectivity index (χ0) is 14.8. The smallest absolute Gasteiger partial charge is 0.153 e. The number of ether oxygens (including phenoxy) is 1. The van der Waals surface area contributed by atoms with Gasteiger partial charge in [-0.3, -0.25) is 4.98 Å². The number of hydrogen-bond donors (Lipinski definition) is 0. The van der Waals surface area contributed by atoms with Crippen molar-refractivity contribution in [2.24, 2.45) is 0 Å². The molecule has 21 heavy (non-hydrogen) atoms. The van der Waals surface area contributed by atoms with Gasteiger partial charge in [0.25, 0.3) is 0 Å². The van der Waals surface area contributed by atoms with Gasteiger partial charge < -0.3 is 4.74 Å². The molecule has 3 nitrogen and oxygen atoms in total. The maximum atomic E-state index is 6.06. The molecule has 0 amide bonds. The zero-order valence-corrected chi connectivity index (χ0v) is 12.7. The van der Waals surface area contributed by atoms with Crippen LogP contribution in [0.1, 0.15) is 17.0 Å².